The number of nitriles is 1. The third-order valence-corrected chi connectivity index (χ3v) is 6.40. The molecule has 11 heteroatoms. The maximum absolute atomic E-state index is 9.55. The number of ether oxygens (including phenoxy) is 2. The molecule has 0 radical (unpaired) electrons. The molecule has 5 rings (SSSR count). The van der Waals surface area contributed by atoms with Crippen LogP contribution < -0.4 is 19.7 Å². The molecule has 11 nitrogen and oxygen atoms in total. The lowest BCUT2D eigenvalue weighted by Gasteiger charge is -2.29. The summed E-state index contributed by atoms with van der Waals surface area (Å²) in [5.41, 5.74) is 4.03. The minimum Gasteiger partial charge on any atom is -0.494 e. The average molecular weight is 512 g/mol. The number of anilines is 3. The van der Waals surface area contributed by atoms with Gasteiger partial charge in [-0.1, -0.05) is 6.07 Å². The van der Waals surface area contributed by atoms with Crippen LogP contribution in [-0.2, 0) is 6.54 Å². The molecule has 1 saturated heterocycles. The number of nitrogens with zero attached hydrogens (tertiary/aromatic N) is 8. The molecule has 0 saturated carbocycles. The smallest absolute Gasteiger partial charge is 0.227 e. The summed E-state index contributed by atoms with van der Waals surface area (Å²) >= 11 is 0. The van der Waals surface area contributed by atoms with E-state index in [2.05, 4.69) is 53.9 Å². The highest BCUT2D eigenvalue weighted by Gasteiger charge is 2.15. The van der Waals surface area contributed by atoms with E-state index in [9.17, 15) is 5.26 Å². The van der Waals surface area contributed by atoms with Crippen LogP contribution in [0.4, 0.5) is 17.3 Å². The zero-order valence-electron chi connectivity index (χ0n) is 21.4. The van der Waals surface area contributed by atoms with Crippen molar-refractivity contribution in [2.75, 3.05) is 30.4 Å². The van der Waals surface area contributed by atoms with Gasteiger partial charge in [-0.25, -0.2) is 14.6 Å². The number of aromatic nitrogens is 6. The SMILES string of the molecule is COc1cc(N2CCCCC2)ccc1Nc1ncc(-c2ccc(C#N)c(OC(C)Cn3cnnn3)c2)cn1. The van der Waals surface area contributed by atoms with Crippen molar-refractivity contribution in [2.24, 2.45) is 0 Å². The van der Waals surface area contributed by atoms with Gasteiger partial charge in [-0.2, -0.15) is 5.26 Å². The van der Waals surface area contributed by atoms with Crippen molar-refractivity contribution in [2.45, 2.75) is 38.8 Å². The van der Waals surface area contributed by atoms with Crippen molar-refractivity contribution in [3.8, 4) is 28.7 Å². The Morgan fingerprint density at radius 3 is 2.55 bits per heavy atom. The molecule has 0 bridgehead atoms. The fourth-order valence-electron chi connectivity index (χ4n) is 4.47. The Morgan fingerprint density at radius 1 is 1.03 bits per heavy atom. The van der Waals surface area contributed by atoms with Gasteiger partial charge in [0.1, 0.15) is 30.0 Å². The van der Waals surface area contributed by atoms with Gasteiger partial charge in [0.05, 0.1) is 24.9 Å². The van der Waals surface area contributed by atoms with Gasteiger partial charge in [0.15, 0.2) is 0 Å². The molecule has 1 atom stereocenters. The molecule has 2 aromatic heterocycles. The first kappa shape index (κ1) is 25.0. The van der Waals surface area contributed by atoms with Crippen molar-refractivity contribution in [3.63, 3.8) is 0 Å². The van der Waals surface area contributed by atoms with Crippen LogP contribution in [0.25, 0.3) is 11.1 Å². The standard InChI is InChI=1S/C27H29N9O2/c1-19(17-36-18-31-33-34-36)38-25-12-20(6-7-21(25)14-28)22-15-29-27(30-16-22)32-24-9-8-23(13-26(24)37-2)35-10-4-3-5-11-35/h6-9,12-13,15-16,18-19H,3-5,10-11,17H2,1-2H3,(H,29,30,32). The normalized spacial score (nSPS) is 14.0. The second-order valence-corrected chi connectivity index (χ2v) is 9.14. The number of methoxy groups -OCH3 is 1. The molecule has 1 N–H and O–H groups in total. The molecular weight excluding hydrogens is 482 g/mol. The summed E-state index contributed by atoms with van der Waals surface area (Å²) in [6, 6.07) is 13.7. The maximum atomic E-state index is 9.55. The Bertz CT molecular complexity index is 1400. The van der Waals surface area contributed by atoms with Gasteiger partial charge in [0.2, 0.25) is 5.95 Å². The zero-order chi connectivity index (χ0) is 26.3. The van der Waals surface area contributed by atoms with Crippen molar-refractivity contribution < 1.29 is 9.47 Å². The van der Waals surface area contributed by atoms with E-state index in [0.29, 0.717) is 23.8 Å². The number of rotatable bonds is 9. The number of nitrogens with one attached hydrogen (secondary N) is 1. The van der Waals surface area contributed by atoms with E-state index in [1.165, 1.54) is 25.6 Å². The predicted molar refractivity (Wildman–Crippen MR) is 142 cm³/mol. The van der Waals surface area contributed by atoms with Crippen LogP contribution in [0.15, 0.2) is 55.1 Å². The number of benzene rings is 2. The topological polar surface area (TPSA) is 127 Å². The van der Waals surface area contributed by atoms with Gasteiger partial charge >= 0.3 is 0 Å². The molecule has 38 heavy (non-hydrogen) atoms. The molecule has 4 aromatic rings. The van der Waals surface area contributed by atoms with Crippen molar-refractivity contribution >= 4 is 17.3 Å². The van der Waals surface area contributed by atoms with Crippen LogP contribution in [0.3, 0.4) is 0 Å². The van der Waals surface area contributed by atoms with Crippen molar-refractivity contribution in [1.29, 1.82) is 5.26 Å². The van der Waals surface area contributed by atoms with Crippen LogP contribution in [0.1, 0.15) is 31.7 Å². The van der Waals surface area contributed by atoms with Gasteiger partial charge in [-0.15, -0.1) is 5.10 Å². The average Bonchev–Trinajstić information content (AvgIpc) is 3.47. The summed E-state index contributed by atoms with van der Waals surface area (Å²) in [5, 5.41) is 23.9. The van der Waals surface area contributed by atoms with Crippen LogP contribution in [0, 0.1) is 11.3 Å². The van der Waals surface area contributed by atoms with E-state index < -0.39 is 0 Å². The summed E-state index contributed by atoms with van der Waals surface area (Å²) in [4.78, 5) is 11.4. The molecular formula is C27H29N9O2. The minimum atomic E-state index is -0.250. The molecule has 0 aliphatic carbocycles. The second kappa shape index (κ2) is 11.6. The second-order valence-electron chi connectivity index (χ2n) is 9.14. The number of hydrogen-bond acceptors (Lipinski definition) is 10. The van der Waals surface area contributed by atoms with Gasteiger partial charge < -0.3 is 19.7 Å². The monoisotopic (exact) mass is 511 g/mol. The summed E-state index contributed by atoms with van der Waals surface area (Å²) in [7, 11) is 1.67. The van der Waals surface area contributed by atoms with E-state index in [4.69, 9.17) is 9.47 Å². The van der Waals surface area contributed by atoms with Crippen LogP contribution in [0.5, 0.6) is 11.5 Å². The van der Waals surface area contributed by atoms with Crippen LogP contribution >= 0.6 is 0 Å². The van der Waals surface area contributed by atoms with Crippen LogP contribution in [-0.4, -0.2) is 56.5 Å². The Labute approximate surface area is 221 Å². The third kappa shape index (κ3) is 5.81. The Kier molecular flexibility index (Phi) is 7.59. The van der Waals surface area contributed by atoms with E-state index in [-0.39, 0.29) is 6.10 Å². The molecule has 0 spiro atoms. The van der Waals surface area contributed by atoms with E-state index in [0.717, 1.165) is 41.3 Å². The molecule has 1 aliphatic rings. The van der Waals surface area contributed by atoms with Crippen molar-refractivity contribution in [3.05, 3.63) is 60.7 Å². The Hall–Kier alpha value is -4.72. The summed E-state index contributed by atoms with van der Waals surface area (Å²) in [6.45, 7) is 4.49. The van der Waals surface area contributed by atoms with E-state index in [1.807, 2.05) is 25.1 Å². The molecule has 1 unspecified atom stereocenters. The highest BCUT2D eigenvalue weighted by molar-refractivity contribution is 5.70. The minimum absolute atomic E-state index is 0.250. The fourth-order valence-corrected chi connectivity index (χ4v) is 4.47. The lowest BCUT2D eigenvalue weighted by atomic mass is 10.1. The Balaban J connectivity index is 1.29. The molecule has 0 amide bonds. The predicted octanol–water partition coefficient (Wildman–Crippen LogP) is 4.21. The van der Waals surface area contributed by atoms with Gasteiger partial charge in [-0.05, 0) is 66.4 Å². The highest BCUT2D eigenvalue weighted by atomic mass is 16.5. The maximum Gasteiger partial charge on any atom is 0.227 e. The van der Waals surface area contributed by atoms with E-state index in [1.54, 1.807) is 30.3 Å². The number of piperidine rings is 1. The number of hydrogen-bond donors (Lipinski definition) is 1. The summed E-state index contributed by atoms with van der Waals surface area (Å²) in [5.74, 6) is 1.68. The fraction of sp³-hybridized carbons (Fsp3) is 0.333. The first-order valence-electron chi connectivity index (χ1n) is 12.6. The lowest BCUT2D eigenvalue weighted by molar-refractivity contribution is 0.192. The Morgan fingerprint density at radius 2 is 1.84 bits per heavy atom. The number of tetrazole rings is 1. The lowest BCUT2D eigenvalue weighted by Crippen LogP contribution is -2.29. The van der Waals surface area contributed by atoms with Crippen molar-refractivity contribution in [1.82, 2.24) is 30.2 Å². The molecule has 194 valence electrons. The summed E-state index contributed by atoms with van der Waals surface area (Å²) < 4.78 is 13.3. The molecule has 2 aromatic carbocycles. The molecule has 1 aliphatic heterocycles. The first-order valence-corrected chi connectivity index (χ1v) is 12.6. The van der Waals surface area contributed by atoms with E-state index >= 15 is 0 Å². The summed E-state index contributed by atoms with van der Waals surface area (Å²) in [6.07, 6.45) is 8.47. The van der Waals surface area contributed by atoms with Gasteiger partial charge in [-0.3, -0.25) is 0 Å². The third-order valence-electron chi connectivity index (χ3n) is 6.40. The molecule has 1 fully saturated rings. The van der Waals surface area contributed by atoms with Crippen LogP contribution in [0.2, 0.25) is 0 Å². The van der Waals surface area contributed by atoms with Gasteiger partial charge in [0.25, 0.3) is 0 Å². The first-order chi connectivity index (χ1) is 18.6. The zero-order valence-corrected chi connectivity index (χ0v) is 21.4. The largest absolute Gasteiger partial charge is 0.494 e. The quantitative estimate of drug-likeness (QED) is 0.349. The van der Waals surface area contributed by atoms with Gasteiger partial charge in [0, 0.05) is 42.8 Å². The molecule has 3 heterocycles. The highest BCUT2D eigenvalue weighted by Crippen LogP contribution is 2.33.